The van der Waals surface area contributed by atoms with E-state index in [4.69, 9.17) is 4.74 Å². The van der Waals surface area contributed by atoms with Gasteiger partial charge in [0.15, 0.2) is 6.61 Å². The number of sulfonamides is 1. The molecule has 1 heterocycles. The second-order valence-electron chi connectivity index (χ2n) is 5.65. The summed E-state index contributed by atoms with van der Waals surface area (Å²) in [6.07, 6.45) is 1.67. The molecule has 25 heavy (non-hydrogen) atoms. The van der Waals surface area contributed by atoms with E-state index in [1.165, 1.54) is 35.7 Å². The van der Waals surface area contributed by atoms with Crippen molar-refractivity contribution in [3.8, 4) is 5.75 Å². The molecular formula is C18H19NO5S. The third kappa shape index (κ3) is 3.61. The van der Waals surface area contributed by atoms with Gasteiger partial charge in [-0.25, -0.2) is 13.2 Å². The van der Waals surface area contributed by atoms with Crippen molar-refractivity contribution in [2.75, 3.05) is 24.6 Å². The summed E-state index contributed by atoms with van der Waals surface area (Å²) in [6, 6.07) is 13.6. The zero-order chi connectivity index (χ0) is 17.9. The number of benzene rings is 2. The Bertz CT molecular complexity index is 861. The minimum atomic E-state index is -3.64. The number of para-hydroxylation sites is 1. The maximum absolute atomic E-state index is 13.0. The van der Waals surface area contributed by atoms with Crippen molar-refractivity contribution in [3.05, 3.63) is 54.1 Å². The number of hydrogen-bond acceptors (Lipinski definition) is 5. The molecule has 0 fully saturated rings. The van der Waals surface area contributed by atoms with Crippen LogP contribution in [0, 0.1) is 0 Å². The van der Waals surface area contributed by atoms with Crippen LogP contribution >= 0.6 is 0 Å². The number of carbonyl (C=O) groups is 1. The van der Waals surface area contributed by atoms with Crippen LogP contribution in [-0.4, -0.2) is 34.6 Å². The van der Waals surface area contributed by atoms with Gasteiger partial charge in [-0.2, -0.15) is 0 Å². The fraction of sp³-hybridized carbons (Fsp3) is 0.278. The smallest absolute Gasteiger partial charge is 0.343 e. The van der Waals surface area contributed by atoms with Crippen molar-refractivity contribution >= 4 is 21.7 Å². The first-order chi connectivity index (χ1) is 12.0. The lowest BCUT2D eigenvalue weighted by Crippen LogP contribution is -2.35. The van der Waals surface area contributed by atoms with Gasteiger partial charge in [0.1, 0.15) is 5.75 Å². The molecule has 2 aromatic rings. The summed E-state index contributed by atoms with van der Waals surface area (Å²) in [5.74, 6) is -0.0926. The lowest BCUT2D eigenvalue weighted by atomic mass is 10.0. The molecule has 132 valence electrons. The molecule has 0 unspecified atom stereocenters. The molecule has 6 nitrogen and oxygen atoms in total. The van der Waals surface area contributed by atoms with Gasteiger partial charge < -0.3 is 9.47 Å². The lowest BCUT2D eigenvalue weighted by molar-refractivity contribution is -0.142. The molecule has 0 spiro atoms. The highest BCUT2D eigenvalue weighted by atomic mass is 32.2. The van der Waals surface area contributed by atoms with Crippen molar-refractivity contribution in [1.82, 2.24) is 0 Å². The summed E-state index contributed by atoms with van der Waals surface area (Å²) in [5.41, 5.74) is 1.77. The summed E-state index contributed by atoms with van der Waals surface area (Å²) < 4.78 is 37.2. The van der Waals surface area contributed by atoms with Gasteiger partial charge in [-0.1, -0.05) is 18.2 Å². The highest BCUT2D eigenvalue weighted by Crippen LogP contribution is 2.32. The molecule has 0 aromatic heterocycles. The Balaban J connectivity index is 1.83. The number of esters is 1. The van der Waals surface area contributed by atoms with Crippen LogP contribution in [0.3, 0.4) is 0 Å². The molecule has 3 rings (SSSR count). The third-order valence-electron chi connectivity index (χ3n) is 4.06. The zero-order valence-electron chi connectivity index (χ0n) is 13.8. The molecule has 0 radical (unpaired) electrons. The highest BCUT2D eigenvalue weighted by molar-refractivity contribution is 7.92. The van der Waals surface area contributed by atoms with E-state index in [9.17, 15) is 13.2 Å². The number of methoxy groups -OCH3 is 1. The SMILES string of the molecule is COC(=O)COc1ccc(S(=O)(=O)N2CCCc3ccccc32)cc1. The average molecular weight is 361 g/mol. The Labute approximate surface area is 147 Å². The topological polar surface area (TPSA) is 72.9 Å². The molecule has 7 heteroatoms. The molecule has 0 atom stereocenters. The van der Waals surface area contributed by atoms with Gasteiger partial charge in [-0.3, -0.25) is 4.31 Å². The van der Waals surface area contributed by atoms with Crippen molar-refractivity contribution < 1.29 is 22.7 Å². The zero-order valence-corrected chi connectivity index (χ0v) is 14.7. The van der Waals surface area contributed by atoms with Crippen LogP contribution in [0.5, 0.6) is 5.75 Å². The number of carbonyl (C=O) groups excluding carboxylic acids is 1. The van der Waals surface area contributed by atoms with Crippen LogP contribution in [0.1, 0.15) is 12.0 Å². The Morgan fingerprint density at radius 3 is 2.56 bits per heavy atom. The van der Waals surface area contributed by atoms with Crippen LogP contribution in [0.25, 0.3) is 0 Å². The normalized spacial score (nSPS) is 13.9. The molecule has 0 aliphatic carbocycles. The van der Waals surface area contributed by atoms with Gasteiger partial charge in [-0.05, 0) is 48.7 Å². The van der Waals surface area contributed by atoms with E-state index < -0.39 is 16.0 Å². The van der Waals surface area contributed by atoms with E-state index in [0.717, 1.165) is 24.1 Å². The van der Waals surface area contributed by atoms with Crippen molar-refractivity contribution in [3.63, 3.8) is 0 Å². The van der Waals surface area contributed by atoms with Gasteiger partial charge in [0.2, 0.25) is 0 Å². The number of fused-ring (bicyclic) bond motifs is 1. The summed E-state index contributed by atoms with van der Waals surface area (Å²) in [4.78, 5) is 11.3. The summed E-state index contributed by atoms with van der Waals surface area (Å²) >= 11 is 0. The van der Waals surface area contributed by atoms with E-state index in [1.54, 1.807) is 0 Å². The van der Waals surface area contributed by atoms with Crippen molar-refractivity contribution in [1.29, 1.82) is 0 Å². The van der Waals surface area contributed by atoms with Crippen LogP contribution in [0.2, 0.25) is 0 Å². The van der Waals surface area contributed by atoms with Crippen LogP contribution in [0.4, 0.5) is 5.69 Å². The average Bonchev–Trinajstić information content (AvgIpc) is 2.65. The van der Waals surface area contributed by atoms with Gasteiger partial charge >= 0.3 is 5.97 Å². The molecule has 1 aliphatic heterocycles. The van der Waals surface area contributed by atoms with Crippen molar-refractivity contribution in [2.45, 2.75) is 17.7 Å². The van der Waals surface area contributed by atoms with Gasteiger partial charge in [0, 0.05) is 6.54 Å². The number of aryl methyl sites for hydroxylation is 1. The second-order valence-corrected chi connectivity index (χ2v) is 7.51. The molecule has 0 bridgehead atoms. The lowest BCUT2D eigenvalue weighted by Gasteiger charge is -2.30. The molecule has 2 aromatic carbocycles. The number of hydrogen-bond donors (Lipinski definition) is 0. The summed E-state index contributed by atoms with van der Waals surface area (Å²) in [5, 5.41) is 0. The minimum absolute atomic E-state index is 0.189. The maximum Gasteiger partial charge on any atom is 0.343 e. The summed E-state index contributed by atoms with van der Waals surface area (Å²) in [6.45, 7) is 0.238. The first-order valence-corrected chi connectivity index (χ1v) is 9.37. The van der Waals surface area contributed by atoms with Gasteiger partial charge in [0.25, 0.3) is 10.0 Å². The van der Waals surface area contributed by atoms with Gasteiger partial charge in [0.05, 0.1) is 17.7 Å². The van der Waals surface area contributed by atoms with E-state index >= 15 is 0 Å². The third-order valence-corrected chi connectivity index (χ3v) is 5.89. The molecule has 0 N–H and O–H groups in total. The van der Waals surface area contributed by atoms with Crippen LogP contribution < -0.4 is 9.04 Å². The van der Waals surface area contributed by atoms with E-state index in [1.807, 2.05) is 24.3 Å². The molecule has 1 aliphatic rings. The first kappa shape index (κ1) is 17.3. The molecule has 0 saturated heterocycles. The van der Waals surface area contributed by atoms with E-state index in [2.05, 4.69) is 4.74 Å². The molecule has 0 amide bonds. The largest absolute Gasteiger partial charge is 0.482 e. The highest BCUT2D eigenvalue weighted by Gasteiger charge is 2.28. The monoisotopic (exact) mass is 361 g/mol. The van der Waals surface area contributed by atoms with E-state index in [-0.39, 0.29) is 11.5 Å². The summed E-state index contributed by atoms with van der Waals surface area (Å²) in [7, 11) is -2.37. The van der Waals surface area contributed by atoms with Crippen molar-refractivity contribution in [2.24, 2.45) is 0 Å². The van der Waals surface area contributed by atoms with E-state index in [0.29, 0.717) is 12.3 Å². The van der Waals surface area contributed by atoms with Gasteiger partial charge in [-0.15, -0.1) is 0 Å². The first-order valence-electron chi connectivity index (χ1n) is 7.92. The maximum atomic E-state index is 13.0. The predicted molar refractivity (Wildman–Crippen MR) is 93.2 cm³/mol. The Morgan fingerprint density at radius 2 is 1.84 bits per heavy atom. The number of nitrogens with zero attached hydrogens (tertiary/aromatic N) is 1. The second kappa shape index (κ2) is 7.14. The Kier molecular flexibility index (Phi) is 4.94. The predicted octanol–water partition coefficient (Wildman–Crippen LogP) is 2.38. The Hall–Kier alpha value is -2.54. The molecule has 0 saturated carbocycles. The minimum Gasteiger partial charge on any atom is -0.482 e. The Morgan fingerprint density at radius 1 is 1.12 bits per heavy atom. The fourth-order valence-corrected chi connectivity index (χ4v) is 4.33. The molecular weight excluding hydrogens is 342 g/mol. The quantitative estimate of drug-likeness (QED) is 0.765. The number of rotatable bonds is 5. The van der Waals surface area contributed by atoms with Crippen LogP contribution in [-0.2, 0) is 26.0 Å². The van der Waals surface area contributed by atoms with Crippen LogP contribution in [0.15, 0.2) is 53.4 Å². The number of anilines is 1. The number of ether oxygens (including phenoxy) is 2. The standard InChI is InChI=1S/C18H19NO5S/c1-23-18(20)13-24-15-8-10-16(11-9-15)25(21,22)19-12-4-6-14-5-2-3-7-17(14)19/h2-3,5,7-11H,4,6,12-13H2,1H3. The fourth-order valence-electron chi connectivity index (χ4n) is 2.79.